The Balaban J connectivity index is 1.93. The van der Waals surface area contributed by atoms with Gasteiger partial charge in [0.1, 0.15) is 17.2 Å². The number of aryl methyl sites for hydroxylation is 1. The zero-order valence-electron chi connectivity index (χ0n) is 14.7. The van der Waals surface area contributed by atoms with Crippen LogP contribution in [0.4, 0.5) is 13.2 Å². The van der Waals surface area contributed by atoms with Crippen molar-refractivity contribution in [3.05, 3.63) is 58.1 Å². The first-order valence-corrected chi connectivity index (χ1v) is 8.85. The average Bonchev–Trinajstić information content (AvgIpc) is 2.62. The zero-order valence-corrected chi connectivity index (χ0v) is 15.5. The number of ether oxygens (including phenoxy) is 2. The summed E-state index contributed by atoms with van der Waals surface area (Å²) in [6.07, 6.45) is -4.61. The Bertz CT molecular complexity index is 920. The van der Waals surface area contributed by atoms with Crippen LogP contribution in [0.1, 0.15) is 24.5 Å². The molecule has 148 valence electrons. The second kappa shape index (κ2) is 7.75. The van der Waals surface area contributed by atoms with Crippen LogP contribution in [0.15, 0.2) is 42.0 Å². The molecule has 2 aromatic rings. The second-order valence-corrected chi connectivity index (χ2v) is 6.67. The van der Waals surface area contributed by atoms with Crippen LogP contribution in [0.2, 0.25) is 5.02 Å². The third-order valence-corrected chi connectivity index (χ3v) is 4.43. The van der Waals surface area contributed by atoms with Gasteiger partial charge in [-0.15, -0.1) is 0 Å². The fourth-order valence-corrected chi connectivity index (χ4v) is 3.04. The van der Waals surface area contributed by atoms with Crippen molar-refractivity contribution >= 4 is 23.6 Å². The Morgan fingerprint density at radius 1 is 1.25 bits per heavy atom. The fourth-order valence-electron chi connectivity index (χ4n) is 2.83. The van der Waals surface area contributed by atoms with Crippen molar-refractivity contribution in [3.63, 3.8) is 0 Å². The summed E-state index contributed by atoms with van der Waals surface area (Å²) >= 11 is 6.17. The van der Waals surface area contributed by atoms with Crippen molar-refractivity contribution in [1.82, 2.24) is 0 Å². The molecule has 1 atom stereocenters. The molecular weight excluding hydrogens is 397 g/mol. The first-order valence-electron chi connectivity index (χ1n) is 8.47. The summed E-state index contributed by atoms with van der Waals surface area (Å²) in [4.78, 5) is 11.2. The SMILES string of the molecule is CCCc1ccc(Oc2cc3c(cc2Cl)C=C(C(=O)O)C(C(F)(F)F)O3)cc1. The van der Waals surface area contributed by atoms with E-state index >= 15 is 0 Å². The minimum absolute atomic E-state index is 0.108. The number of alkyl halides is 3. The van der Waals surface area contributed by atoms with Crippen LogP contribution in [0.25, 0.3) is 6.08 Å². The molecule has 0 aliphatic carbocycles. The number of fused-ring (bicyclic) bond motifs is 1. The Kier molecular flexibility index (Phi) is 5.56. The molecule has 1 N–H and O–H groups in total. The Morgan fingerprint density at radius 3 is 2.50 bits per heavy atom. The van der Waals surface area contributed by atoms with E-state index < -0.39 is 23.8 Å². The van der Waals surface area contributed by atoms with E-state index in [4.69, 9.17) is 26.2 Å². The van der Waals surface area contributed by atoms with E-state index in [1.54, 1.807) is 12.1 Å². The lowest BCUT2D eigenvalue weighted by atomic mass is 10.0. The molecule has 0 aromatic heterocycles. The topological polar surface area (TPSA) is 55.8 Å². The number of halogens is 4. The summed E-state index contributed by atoms with van der Waals surface area (Å²) in [7, 11) is 0. The molecule has 1 aliphatic rings. The first kappa shape index (κ1) is 20.1. The summed E-state index contributed by atoms with van der Waals surface area (Å²) in [5.41, 5.74) is 0.360. The lowest BCUT2D eigenvalue weighted by Gasteiger charge is -2.27. The van der Waals surface area contributed by atoms with Crippen molar-refractivity contribution in [2.45, 2.75) is 32.0 Å². The number of benzene rings is 2. The Morgan fingerprint density at radius 2 is 1.93 bits per heavy atom. The van der Waals surface area contributed by atoms with E-state index in [0.29, 0.717) is 5.75 Å². The fraction of sp³-hybridized carbons (Fsp3) is 0.250. The normalized spacial score (nSPS) is 16.0. The summed E-state index contributed by atoms with van der Waals surface area (Å²) < 4.78 is 50.2. The van der Waals surface area contributed by atoms with E-state index in [0.717, 1.165) is 24.5 Å². The van der Waals surface area contributed by atoms with E-state index in [2.05, 4.69) is 6.92 Å². The standard InChI is InChI=1S/C20H16ClF3O4/c1-2-3-11-4-6-13(7-5-11)27-17-10-16-12(9-15(17)21)8-14(19(25)26)18(28-16)20(22,23)24/h4-10,18H,2-3H2,1H3,(H,25,26). The highest BCUT2D eigenvalue weighted by Gasteiger charge is 2.48. The van der Waals surface area contributed by atoms with Crippen molar-refractivity contribution < 1.29 is 32.5 Å². The average molecular weight is 413 g/mol. The molecule has 0 bridgehead atoms. The van der Waals surface area contributed by atoms with Gasteiger partial charge in [-0.25, -0.2) is 4.79 Å². The van der Waals surface area contributed by atoms with Gasteiger partial charge in [-0.05, 0) is 36.3 Å². The minimum atomic E-state index is -4.88. The molecule has 8 heteroatoms. The maximum absolute atomic E-state index is 13.2. The van der Waals surface area contributed by atoms with Gasteiger partial charge in [0.2, 0.25) is 6.10 Å². The molecular formula is C20H16ClF3O4. The number of hydrogen-bond acceptors (Lipinski definition) is 3. The van der Waals surface area contributed by atoms with Gasteiger partial charge in [0.15, 0.2) is 0 Å². The van der Waals surface area contributed by atoms with Crippen molar-refractivity contribution in [1.29, 1.82) is 0 Å². The molecule has 1 unspecified atom stereocenters. The number of hydrogen-bond donors (Lipinski definition) is 1. The molecule has 0 spiro atoms. The van der Waals surface area contributed by atoms with Gasteiger partial charge in [-0.2, -0.15) is 13.2 Å². The summed E-state index contributed by atoms with van der Waals surface area (Å²) in [6, 6.07) is 9.80. The number of aliphatic carboxylic acids is 1. The van der Waals surface area contributed by atoms with Crippen molar-refractivity contribution in [3.8, 4) is 17.2 Å². The number of rotatable bonds is 5. The largest absolute Gasteiger partial charge is 0.478 e. The molecule has 0 radical (unpaired) electrons. The molecule has 1 aliphatic heterocycles. The van der Waals surface area contributed by atoms with Crippen LogP contribution in [0.5, 0.6) is 17.2 Å². The maximum atomic E-state index is 13.2. The smallest absolute Gasteiger partial charge is 0.430 e. The summed E-state index contributed by atoms with van der Waals surface area (Å²) in [5.74, 6) is -1.30. The van der Waals surface area contributed by atoms with Gasteiger partial charge in [-0.3, -0.25) is 0 Å². The predicted molar refractivity (Wildman–Crippen MR) is 98.0 cm³/mol. The van der Waals surface area contributed by atoms with E-state index in [-0.39, 0.29) is 22.1 Å². The number of carboxylic acid groups (broad SMARTS) is 1. The van der Waals surface area contributed by atoms with Gasteiger partial charge in [-0.1, -0.05) is 37.1 Å². The van der Waals surface area contributed by atoms with Crippen LogP contribution in [0.3, 0.4) is 0 Å². The molecule has 28 heavy (non-hydrogen) atoms. The number of carboxylic acids is 1. The highest BCUT2D eigenvalue weighted by molar-refractivity contribution is 6.32. The van der Waals surface area contributed by atoms with Gasteiger partial charge in [0.25, 0.3) is 0 Å². The van der Waals surface area contributed by atoms with Gasteiger partial charge in [0.05, 0.1) is 10.6 Å². The first-order chi connectivity index (χ1) is 13.2. The van der Waals surface area contributed by atoms with Crippen LogP contribution >= 0.6 is 11.6 Å². The number of carbonyl (C=O) groups is 1. The van der Waals surface area contributed by atoms with Gasteiger partial charge >= 0.3 is 12.1 Å². The predicted octanol–water partition coefficient (Wildman–Crippen LogP) is 5.88. The zero-order chi connectivity index (χ0) is 20.5. The third kappa shape index (κ3) is 4.25. The quantitative estimate of drug-likeness (QED) is 0.666. The monoisotopic (exact) mass is 412 g/mol. The molecule has 0 saturated heterocycles. The van der Waals surface area contributed by atoms with Gasteiger partial charge < -0.3 is 14.6 Å². The molecule has 0 fully saturated rings. The minimum Gasteiger partial charge on any atom is -0.478 e. The van der Waals surface area contributed by atoms with Crippen molar-refractivity contribution in [2.75, 3.05) is 0 Å². The third-order valence-electron chi connectivity index (χ3n) is 4.14. The molecule has 2 aromatic carbocycles. The lowest BCUT2D eigenvalue weighted by molar-refractivity contribution is -0.187. The highest BCUT2D eigenvalue weighted by atomic mass is 35.5. The Labute approximate surface area is 164 Å². The Hall–Kier alpha value is -2.67. The lowest BCUT2D eigenvalue weighted by Crippen LogP contribution is -2.40. The summed E-state index contributed by atoms with van der Waals surface area (Å²) in [5, 5.41) is 9.19. The molecule has 1 heterocycles. The van der Waals surface area contributed by atoms with Crippen LogP contribution in [-0.2, 0) is 11.2 Å². The molecule has 0 saturated carbocycles. The van der Waals surface area contributed by atoms with Crippen molar-refractivity contribution in [2.24, 2.45) is 0 Å². The maximum Gasteiger partial charge on any atom is 0.430 e. The van der Waals surface area contributed by atoms with E-state index in [1.165, 1.54) is 12.1 Å². The summed E-state index contributed by atoms with van der Waals surface area (Å²) in [6.45, 7) is 2.07. The van der Waals surface area contributed by atoms with Gasteiger partial charge in [0, 0.05) is 11.6 Å². The van der Waals surface area contributed by atoms with Crippen LogP contribution < -0.4 is 9.47 Å². The van der Waals surface area contributed by atoms with Crippen LogP contribution in [0, 0.1) is 0 Å². The highest BCUT2D eigenvalue weighted by Crippen LogP contribution is 2.42. The second-order valence-electron chi connectivity index (χ2n) is 6.26. The van der Waals surface area contributed by atoms with Crippen LogP contribution in [-0.4, -0.2) is 23.4 Å². The molecule has 3 rings (SSSR count). The molecule has 0 amide bonds. The molecule has 4 nitrogen and oxygen atoms in total. The van der Waals surface area contributed by atoms with E-state index in [9.17, 15) is 18.0 Å². The van der Waals surface area contributed by atoms with E-state index in [1.807, 2.05) is 12.1 Å².